The van der Waals surface area contributed by atoms with Crippen molar-refractivity contribution in [2.24, 2.45) is 0 Å². The van der Waals surface area contributed by atoms with Crippen LogP contribution in [0.3, 0.4) is 0 Å². The molecule has 3 N–H and O–H groups in total. The first-order valence-corrected chi connectivity index (χ1v) is 8.22. The first kappa shape index (κ1) is 18.2. The minimum absolute atomic E-state index is 0.0680. The van der Waals surface area contributed by atoms with Crippen molar-refractivity contribution in [3.05, 3.63) is 72.9 Å². The van der Waals surface area contributed by atoms with E-state index < -0.39 is 10.9 Å². The average molecular weight is 369 g/mol. The van der Waals surface area contributed by atoms with Gasteiger partial charge in [-0.1, -0.05) is 0 Å². The number of rotatable bonds is 7. The van der Waals surface area contributed by atoms with Gasteiger partial charge in [0, 0.05) is 18.3 Å². The molecule has 2 aromatic carbocycles. The van der Waals surface area contributed by atoms with Gasteiger partial charge in [-0.3, -0.25) is 14.4 Å². The van der Waals surface area contributed by atoms with Gasteiger partial charge in [0.05, 0.1) is 14.2 Å². The summed E-state index contributed by atoms with van der Waals surface area (Å²) < 4.78 is 10.5. The number of methoxy groups -OCH3 is 2. The summed E-state index contributed by atoms with van der Waals surface area (Å²) in [5.41, 5.74) is -0.494. The quantitative estimate of drug-likeness (QED) is 0.546. The smallest absolute Gasteiger partial charge is 0.271 e. The zero-order chi connectivity index (χ0) is 19.6. The molecule has 8 nitrogen and oxygen atoms in total. The van der Waals surface area contributed by atoms with Gasteiger partial charge in [-0.15, -0.1) is 0 Å². The molecule has 0 aliphatic carbocycles. The highest BCUT2D eigenvalue weighted by Crippen LogP contribution is 2.29. The summed E-state index contributed by atoms with van der Waals surface area (Å²) in [6.07, 6.45) is 1.48. The molecule has 0 radical (unpaired) electrons. The molecule has 0 aliphatic rings. The summed E-state index contributed by atoms with van der Waals surface area (Å²) in [5, 5.41) is 5.76. The molecule has 27 heavy (non-hydrogen) atoms. The van der Waals surface area contributed by atoms with Crippen LogP contribution in [-0.4, -0.2) is 19.2 Å². The number of hydrogen-bond donors (Lipinski definition) is 3. The zero-order valence-electron chi connectivity index (χ0n) is 15.1. The highest BCUT2D eigenvalue weighted by Gasteiger charge is 2.23. The van der Waals surface area contributed by atoms with Crippen LogP contribution in [0.25, 0.3) is 0 Å². The van der Waals surface area contributed by atoms with E-state index >= 15 is 0 Å². The topological polar surface area (TPSA) is 110 Å². The first-order valence-electron chi connectivity index (χ1n) is 8.22. The van der Waals surface area contributed by atoms with E-state index in [1.165, 1.54) is 12.3 Å². The Kier molecular flexibility index (Phi) is 4.98. The molecule has 0 fully saturated rings. The second kappa shape index (κ2) is 7.36. The Morgan fingerprint density at radius 1 is 0.963 bits per heavy atom. The lowest BCUT2D eigenvalue weighted by Gasteiger charge is -2.20. The van der Waals surface area contributed by atoms with Gasteiger partial charge in [0.1, 0.15) is 28.6 Å². The summed E-state index contributed by atoms with van der Waals surface area (Å²) in [6, 6.07) is 8.18. The van der Waals surface area contributed by atoms with Gasteiger partial charge in [0.2, 0.25) is 0 Å². The van der Waals surface area contributed by atoms with Crippen molar-refractivity contribution in [3.8, 4) is 11.5 Å². The van der Waals surface area contributed by atoms with Gasteiger partial charge in [0.25, 0.3) is 16.4 Å². The summed E-state index contributed by atoms with van der Waals surface area (Å²) in [5.74, 6) is 1.22. The minimum atomic E-state index is -0.670. The van der Waals surface area contributed by atoms with Crippen LogP contribution in [0.4, 0.5) is 17.1 Å². The van der Waals surface area contributed by atoms with Crippen molar-refractivity contribution in [3.63, 3.8) is 0 Å². The fourth-order valence-electron chi connectivity index (χ4n) is 2.68. The Morgan fingerprint density at radius 3 is 2.19 bits per heavy atom. The highest BCUT2D eigenvalue weighted by atomic mass is 16.5. The van der Waals surface area contributed by atoms with Gasteiger partial charge in [0.15, 0.2) is 0 Å². The van der Waals surface area contributed by atoms with E-state index in [9.17, 15) is 14.4 Å². The van der Waals surface area contributed by atoms with E-state index in [1.54, 1.807) is 38.5 Å². The average Bonchev–Trinajstić information content (AvgIpc) is 2.70. The Morgan fingerprint density at radius 2 is 1.59 bits per heavy atom. The number of aromatic amines is 1. The summed E-state index contributed by atoms with van der Waals surface area (Å²) >= 11 is 0. The summed E-state index contributed by atoms with van der Waals surface area (Å²) in [4.78, 5) is 38.2. The fraction of sp³-hybridized carbons (Fsp3) is 0.211. The Hall–Kier alpha value is -3.55. The van der Waals surface area contributed by atoms with Crippen molar-refractivity contribution in [2.75, 3.05) is 24.9 Å². The van der Waals surface area contributed by atoms with E-state index in [2.05, 4.69) is 15.6 Å². The highest BCUT2D eigenvalue weighted by molar-refractivity contribution is 5.78. The lowest BCUT2D eigenvalue weighted by Crippen LogP contribution is -2.37. The largest absolute Gasteiger partial charge is 0.497 e. The van der Waals surface area contributed by atoms with Gasteiger partial charge in [-0.05, 0) is 36.8 Å². The molecule has 3 aromatic rings. The predicted octanol–water partition coefficient (Wildman–Crippen LogP) is 1.90. The van der Waals surface area contributed by atoms with Crippen LogP contribution in [0.1, 0.15) is 18.5 Å². The number of pyridine rings is 1. The number of aromatic nitrogens is 1. The molecule has 1 aromatic heterocycles. The molecule has 0 unspecified atom stereocenters. The Labute approximate surface area is 154 Å². The number of nitrogens with one attached hydrogen (secondary N) is 3. The molecule has 140 valence electrons. The van der Waals surface area contributed by atoms with Gasteiger partial charge >= 0.3 is 0 Å². The van der Waals surface area contributed by atoms with Crippen molar-refractivity contribution >= 4 is 17.1 Å². The standard InChI is InChI=1S/C19H19N3O5/c1-10(11-7-12(26-2)9-13(8-11)27-3)21-15-16(18(24)17(15)23)22-14-5-4-6-20-19(14)25/h4-10,21-22H,1-3H3,(H,20,25)/t10-/m0/s1. The van der Waals surface area contributed by atoms with Crippen LogP contribution < -0.4 is 36.5 Å². The maximum absolute atomic E-state index is 12.0. The fourth-order valence-corrected chi connectivity index (χ4v) is 2.68. The van der Waals surface area contributed by atoms with Crippen molar-refractivity contribution < 1.29 is 9.47 Å². The molecular formula is C19H19N3O5. The van der Waals surface area contributed by atoms with Crippen molar-refractivity contribution in [1.82, 2.24) is 4.98 Å². The summed E-state index contributed by atoms with van der Waals surface area (Å²) in [7, 11) is 3.10. The van der Waals surface area contributed by atoms with E-state index in [4.69, 9.17) is 9.47 Å². The third kappa shape index (κ3) is 3.55. The van der Waals surface area contributed by atoms with Crippen LogP contribution in [-0.2, 0) is 0 Å². The predicted molar refractivity (Wildman–Crippen MR) is 103 cm³/mol. The number of H-pyrrole nitrogens is 1. The molecule has 0 amide bonds. The molecule has 1 atom stereocenters. The van der Waals surface area contributed by atoms with Crippen LogP contribution in [0.15, 0.2) is 50.9 Å². The molecule has 0 saturated heterocycles. The number of anilines is 3. The third-order valence-electron chi connectivity index (χ3n) is 4.22. The normalized spacial score (nSPS) is 11.8. The van der Waals surface area contributed by atoms with Crippen molar-refractivity contribution in [2.45, 2.75) is 13.0 Å². The van der Waals surface area contributed by atoms with E-state index in [0.717, 1.165) is 5.56 Å². The SMILES string of the molecule is COc1cc(OC)cc([C@H](C)Nc2c(Nc3ccc[nH]c3=O)c(=O)c2=O)c1. The molecule has 3 rings (SSSR count). The first-order chi connectivity index (χ1) is 12.9. The molecule has 1 heterocycles. The van der Waals surface area contributed by atoms with Crippen molar-refractivity contribution in [1.29, 1.82) is 0 Å². The molecule has 8 heteroatoms. The maximum atomic E-state index is 12.0. The third-order valence-corrected chi connectivity index (χ3v) is 4.22. The lowest BCUT2D eigenvalue weighted by atomic mass is 10.1. The number of benzene rings is 1. The maximum Gasteiger partial charge on any atom is 0.271 e. The van der Waals surface area contributed by atoms with E-state index in [1.807, 2.05) is 6.92 Å². The van der Waals surface area contributed by atoms with Gasteiger partial charge < -0.3 is 25.1 Å². The monoisotopic (exact) mass is 369 g/mol. The molecule has 0 aliphatic heterocycles. The molecule has 0 spiro atoms. The van der Waals surface area contributed by atoms with Gasteiger partial charge in [-0.2, -0.15) is 0 Å². The molecular weight excluding hydrogens is 350 g/mol. The van der Waals surface area contributed by atoms with E-state index in [-0.39, 0.29) is 28.7 Å². The number of hydrogen-bond acceptors (Lipinski definition) is 7. The Bertz CT molecular complexity index is 1070. The van der Waals surface area contributed by atoms with Crippen LogP contribution in [0, 0.1) is 0 Å². The van der Waals surface area contributed by atoms with Gasteiger partial charge in [-0.25, -0.2) is 0 Å². The molecule has 0 bridgehead atoms. The molecule has 0 saturated carbocycles. The lowest BCUT2D eigenvalue weighted by molar-refractivity contribution is 0.393. The minimum Gasteiger partial charge on any atom is -0.497 e. The van der Waals surface area contributed by atoms with Crippen LogP contribution in [0.2, 0.25) is 0 Å². The van der Waals surface area contributed by atoms with Crippen LogP contribution in [0.5, 0.6) is 11.5 Å². The second-order valence-corrected chi connectivity index (χ2v) is 5.96. The second-order valence-electron chi connectivity index (χ2n) is 5.96. The summed E-state index contributed by atoms with van der Waals surface area (Å²) in [6.45, 7) is 1.84. The zero-order valence-corrected chi connectivity index (χ0v) is 15.1. The number of ether oxygens (including phenoxy) is 2. The van der Waals surface area contributed by atoms with E-state index in [0.29, 0.717) is 11.5 Å². The van der Waals surface area contributed by atoms with Crippen LogP contribution >= 0.6 is 0 Å². The Balaban J connectivity index is 1.88.